The minimum atomic E-state index is -3.18. The minimum Gasteiger partial charge on any atom is -0.367 e. The van der Waals surface area contributed by atoms with Crippen molar-refractivity contribution < 1.29 is 8.42 Å². The van der Waals surface area contributed by atoms with Crippen LogP contribution in [0.1, 0.15) is 26.2 Å². The van der Waals surface area contributed by atoms with Crippen LogP contribution in [0.3, 0.4) is 0 Å². The summed E-state index contributed by atoms with van der Waals surface area (Å²) in [5.41, 5.74) is 6.43. The van der Waals surface area contributed by atoms with Crippen molar-refractivity contribution >= 4 is 15.5 Å². The molecule has 106 valence electrons. The van der Waals surface area contributed by atoms with E-state index >= 15 is 0 Å². The van der Waals surface area contributed by atoms with Crippen LogP contribution < -0.4 is 10.6 Å². The number of nitrogens with two attached hydrogens (primary N) is 1. The molecule has 1 saturated carbocycles. The fraction of sp³-hybridized carbons (Fsp3) is 0.571. The predicted octanol–water partition coefficient (Wildman–Crippen LogP) is 1.80. The molecule has 0 aromatic heterocycles. The summed E-state index contributed by atoms with van der Waals surface area (Å²) in [7, 11) is -3.18. The predicted molar refractivity (Wildman–Crippen MR) is 78.2 cm³/mol. The molecule has 5 heteroatoms. The molecular formula is C14H22N2O2S. The summed E-state index contributed by atoms with van der Waals surface area (Å²) in [6.07, 6.45) is 3.17. The number of hydrogen-bond donors (Lipinski definition) is 1. The van der Waals surface area contributed by atoms with Crippen LogP contribution in [-0.4, -0.2) is 33.3 Å². The van der Waals surface area contributed by atoms with Crippen LogP contribution in [0.4, 0.5) is 5.69 Å². The topological polar surface area (TPSA) is 63.4 Å². The van der Waals surface area contributed by atoms with Crippen molar-refractivity contribution in [3.05, 3.63) is 24.3 Å². The summed E-state index contributed by atoms with van der Waals surface area (Å²) < 4.78 is 24.4. The van der Waals surface area contributed by atoms with Gasteiger partial charge in [0.05, 0.1) is 16.3 Å². The number of anilines is 1. The van der Waals surface area contributed by atoms with E-state index in [-0.39, 0.29) is 5.75 Å². The number of hydrogen-bond acceptors (Lipinski definition) is 4. The Bertz CT molecular complexity index is 524. The quantitative estimate of drug-likeness (QED) is 0.828. The van der Waals surface area contributed by atoms with Gasteiger partial charge in [-0.15, -0.1) is 0 Å². The first kappa shape index (κ1) is 14.3. The zero-order valence-corrected chi connectivity index (χ0v) is 12.2. The van der Waals surface area contributed by atoms with Crippen LogP contribution in [0.2, 0.25) is 0 Å². The molecule has 1 aliphatic carbocycles. The highest BCUT2D eigenvalue weighted by Gasteiger charge is 2.31. The van der Waals surface area contributed by atoms with Gasteiger partial charge in [-0.1, -0.05) is 19.1 Å². The zero-order valence-electron chi connectivity index (χ0n) is 11.4. The van der Waals surface area contributed by atoms with Gasteiger partial charge < -0.3 is 10.6 Å². The Morgan fingerprint density at radius 1 is 1.32 bits per heavy atom. The molecule has 0 spiro atoms. The molecule has 1 fully saturated rings. The maximum absolute atomic E-state index is 12.2. The van der Waals surface area contributed by atoms with Gasteiger partial charge in [0.15, 0.2) is 9.84 Å². The number of sulfone groups is 1. The Labute approximate surface area is 115 Å². The highest BCUT2D eigenvalue weighted by molar-refractivity contribution is 7.91. The van der Waals surface area contributed by atoms with Crippen molar-refractivity contribution in [2.45, 2.75) is 37.1 Å². The highest BCUT2D eigenvalue weighted by atomic mass is 32.2. The number of nitrogens with zero attached hydrogens (tertiary/aromatic N) is 1. The molecule has 0 bridgehead atoms. The molecule has 0 aliphatic heterocycles. The molecule has 0 atom stereocenters. The summed E-state index contributed by atoms with van der Waals surface area (Å²) in [5, 5.41) is 0. The lowest BCUT2D eigenvalue weighted by molar-refractivity contribution is 0.596. The third kappa shape index (κ3) is 3.28. The smallest absolute Gasteiger partial charge is 0.180 e. The zero-order chi connectivity index (χ0) is 13.9. The number of para-hydroxylation sites is 1. The van der Waals surface area contributed by atoms with E-state index in [9.17, 15) is 8.42 Å². The molecule has 1 aromatic carbocycles. The molecule has 4 nitrogen and oxygen atoms in total. The van der Waals surface area contributed by atoms with Gasteiger partial charge in [0, 0.05) is 12.6 Å². The molecule has 2 rings (SSSR count). The number of rotatable bonds is 7. The van der Waals surface area contributed by atoms with Crippen molar-refractivity contribution in [3.8, 4) is 0 Å². The van der Waals surface area contributed by atoms with Gasteiger partial charge in [-0.05, 0) is 37.9 Å². The molecule has 1 aromatic rings. The van der Waals surface area contributed by atoms with E-state index in [2.05, 4.69) is 4.90 Å². The average Bonchev–Trinajstić information content (AvgIpc) is 3.24. The van der Waals surface area contributed by atoms with E-state index in [1.807, 2.05) is 12.1 Å². The average molecular weight is 282 g/mol. The molecule has 0 amide bonds. The summed E-state index contributed by atoms with van der Waals surface area (Å²) in [5.74, 6) is 0.138. The van der Waals surface area contributed by atoms with E-state index in [0.29, 0.717) is 17.5 Å². The largest absolute Gasteiger partial charge is 0.367 e. The van der Waals surface area contributed by atoms with Gasteiger partial charge >= 0.3 is 0 Å². The van der Waals surface area contributed by atoms with Gasteiger partial charge in [-0.3, -0.25) is 0 Å². The Hall–Kier alpha value is -1.07. The number of benzene rings is 1. The third-order valence-corrected chi connectivity index (χ3v) is 5.26. The first-order valence-electron chi connectivity index (χ1n) is 6.88. The molecule has 2 N–H and O–H groups in total. The first-order valence-corrected chi connectivity index (χ1v) is 8.54. The van der Waals surface area contributed by atoms with Crippen molar-refractivity contribution in [1.82, 2.24) is 0 Å². The van der Waals surface area contributed by atoms with Crippen LogP contribution >= 0.6 is 0 Å². The second-order valence-electron chi connectivity index (χ2n) is 4.94. The SMILES string of the molecule is CCS(=O)(=O)c1ccccc1N(CCCN)C1CC1. The summed E-state index contributed by atoms with van der Waals surface area (Å²) >= 11 is 0. The molecule has 0 heterocycles. The normalized spacial score (nSPS) is 15.5. The van der Waals surface area contributed by atoms with Crippen LogP contribution in [0.5, 0.6) is 0 Å². The molecular weight excluding hydrogens is 260 g/mol. The van der Waals surface area contributed by atoms with Crippen molar-refractivity contribution in [1.29, 1.82) is 0 Å². The highest BCUT2D eigenvalue weighted by Crippen LogP contribution is 2.35. The monoisotopic (exact) mass is 282 g/mol. The standard InChI is InChI=1S/C14H22N2O2S/c1-2-19(17,18)14-7-4-3-6-13(14)16(11-5-10-15)12-8-9-12/h3-4,6-7,12H,2,5,8-11,15H2,1H3. The van der Waals surface area contributed by atoms with E-state index < -0.39 is 9.84 Å². The van der Waals surface area contributed by atoms with E-state index in [1.165, 1.54) is 0 Å². The van der Waals surface area contributed by atoms with Crippen LogP contribution in [0, 0.1) is 0 Å². The van der Waals surface area contributed by atoms with Crippen LogP contribution in [0.15, 0.2) is 29.2 Å². The van der Waals surface area contributed by atoms with E-state index in [0.717, 1.165) is 31.5 Å². The molecule has 1 aliphatic rings. The molecule has 0 saturated heterocycles. The Morgan fingerprint density at radius 2 is 2.00 bits per heavy atom. The maximum Gasteiger partial charge on any atom is 0.180 e. The summed E-state index contributed by atoms with van der Waals surface area (Å²) in [6, 6.07) is 7.81. The van der Waals surface area contributed by atoms with Gasteiger partial charge in [0.1, 0.15) is 0 Å². The summed E-state index contributed by atoms with van der Waals surface area (Å²) in [4.78, 5) is 2.68. The lowest BCUT2D eigenvalue weighted by Crippen LogP contribution is -2.29. The van der Waals surface area contributed by atoms with Crippen molar-refractivity contribution in [3.63, 3.8) is 0 Å². The Balaban J connectivity index is 2.36. The van der Waals surface area contributed by atoms with Gasteiger partial charge in [-0.25, -0.2) is 8.42 Å². The van der Waals surface area contributed by atoms with Gasteiger partial charge in [0.25, 0.3) is 0 Å². The summed E-state index contributed by atoms with van der Waals surface area (Å²) in [6.45, 7) is 3.15. The minimum absolute atomic E-state index is 0.138. The second kappa shape index (κ2) is 5.92. The second-order valence-corrected chi connectivity index (χ2v) is 7.18. The Morgan fingerprint density at radius 3 is 2.58 bits per heavy atom. The van der Waals surface area contributed by atoms with Crippen molar-refractivity contribution in [2.24, 2.45) is 5.73 Å². The van der Waals surface area contributed by atoms with E-state index in [1.54, 1.807) is 19.1 Å². The third-order valence-electron chi connectivity index (χ3n) is 3.48. The Kier molecular flexibility index (Phi) is 4.47. The van der Waals surface area contributed by atoms with Crippen molar-refractivity contribution in [2.75, 3.05) is 23.7 Å². The molecule has 0 radical (unpaired) electrons. The molecule has 0 unspecified atom stereocenters. The van der Waals surface area contributed by atoms with Gasteiger partial charge in [0.2, 0.25) is 0 Å². The van der Waals surface area contributed by atoms with Gasteiger partial charge in [-0.2, -0.15) is 0 Å². The fourth-order valence-electron chi connectivity index (χ4n) is 2.26. The first-order chi connectivity index (χ1) is 9.10. The lowest BCUT2D eigenvalue weighted by Gasteiger charge is -2.26. The lowest BCUT2D eigenvalue weighted by atomic mass is 10.2. The van der Waals surface area contributed by atoms with Crippen LogP contribution in [-0.2, 0) is 9.84 Å². The van der Waals surface area contributed by atoms with Crippen LogP contribution in [0.25, 0.3) is 0 Å². The fourth-order valence-corrected chi connectivity index (χ4v) is 3.36. The maximum atomic E-state index is 12.2. The molecule has 19 heavy (non-hydrogen) atoms. The van der Waals surface area contributed by atoms with E-state index in [4.69, 9.17) is 5.73 Å².